The number of rotatable bonds is 5. The Balaban J connectivity index is 4.21. The zero-order valence-corrected chi connectivity index (χ0v) is 12.0. The van der Waals surface area contributed by atoms with Crippen molar-refractivity contribution in [2.45, 2.75) is 51.9 Å². The fourth-order valence-electron chi connectivity index (χ4n) is 0.887. The molecule has 0 aromatic heterocycles. The van der Waals surface area contributed by atoms with Gasteiger partial charge in [-0.15, -0.1) is 6.58 Å². The fraction of sp³-hybridized carbons (Fsp3) is 0.833. The van der Waals surface area contributed by atoms with E-state index in [0.29, 0.717) is 6.61 Å². The minimum Gasteiger partial charge on any atom is -0.416 e. The summed E-state index contributed by atoms with van der Waals surface area (Å²) in [6.45, 7) is 17.3. The third-order valence-electron chi connectivity index (χ3n) is 3.34. The summed E-state index contributed by atoms with van der Waals surface area (Å²) in [6.07, 6.45) is 1.11. The lowest BCUT2D eigenvalue weighted by molar-refractivity contribution is 0.115. The standard InChI is InChI=1S/C12H26O2Si/c1-8-11(13)10(2)9-14-15(6,7)12(3,4)5/h8,10-11,13H,1,9H2,2-7H3/t10-,11-/m1/s1. The molecular weight excluding hydrogens is 204 g/mol. The third-order valence-corrected chi connectivity index (χ3v) is 7.84. The van der Waals surface area contributed by atoms with Gasteiger partial charge in [-0.3, -0.25) is 0 Å². The molecule has 0 radical (unpaired) electrons. The summed E-state index contributed by atoms with van der Waals surface area (Å²) in [4.78, 5) is 0. The molecule has 0 aliphatic heterocycles. The minimum atomic E-state index is -1.67. The maximum atomic E-state index is 9.54. The maximum Gasteiger partial charge on any atom is 0.191 e. The highest BCUT2D eigenvalue weighted by atomic mass is 28.4. The molecule has 0 saturated carbocycles. The predicted molar refractivity (Wildman–Crippen MR) is 68.5 cm³/mol. The van der Waals surface area contributed by atoms with Gasteiger partial charge in [0.2, 0.25) is 0 Å². The van der Waals surface area contributed by atoms with Gasteiger partial charge in [0, 0.05) is 12.5 Å². The van der Waals surface area contributed by atoms with E-state index < -0.39 is 14.4 Å². The molecule has 0 aliphatic carbocycles. The SMILES string of the molecule is C=C[C@@H](O)[C@H](C)CO[Si](C)(C)C(C)(C)C. The molecule has 15 heavy (non-hydrogen) atoms. The van der Waals surface area contributed by atoms with Crippen molar-refractivity contribution in [1.82, 2.24) is 0 Å². The van der Waals surface area contributed by atoms with E-state index in [4.69, 9.17) is 4.43 Å². The molecule has 1 N–H and O–H groups in total. The number of hydrogen-bond donors (Lipinski definition) is 1. The zero-order chi connectivity index (χ0) is 12.3. The van der Waals surface area contributed by atoms with Gasteiger partial charge in [-0.2, -0.15) is 0 Å². The molecule has 0 aliphatic rings. The van der Waals surface area contributed by atoms with Crippen molar-refractivity contribution in [1.29, 1.82) is 0 Å². The Hall–Kier alpha value is -0.123. The first kappa shape index (κ1) is 14.9. The van der Waals surface area contributed by atoms with Gasteiger partial charge in [-0.25, -0.2) is 0 Å². The van der Waals surface area contributed by atoms with E-state index in [1.807, 2.05) is 6.92 Å². The molecule has 90 valence electrons. The highest BCUT2D eigenvalue weighted by Crippen LogP contribution is 2.36. The van der Waals surface area contributed by atoms with Gasteiger partial charge in [-0.1, -0.05) is 33.8 Å². The number of aliphatic hydroxyl groups is 1. The van der Waals surface area contributed by atoms with Crippen molar-refractivity contribution in [3.8, 4) is 0 Å². The second-order valence-electron chi connectivity index (χ2n) is 5.77. The largest absolute Gasteiger partial charge is 0.416 e. The summed E-state index contributed by atoms with van der Waals surface area (Å²) in [6, 6.07) is 0. The van der Waals surface area contributed by atoms with Crippen LogP contribution in [-0.2, 0) is 4.43 Å². The Labute approximate surface area is 95.5 Å². The lowest BCUT2D eigenvalue weighted by Crippen LogP contribution is -2.42. The smallest absolute Gasteiger partial charge is 0.191 e. The lowest BCUT2D eigenvalue weighted by atomic mass is 10.1. The molecule has 2 atom stereocenters. The quantitative estimate of drug-likeness (QED) is 0.580. The Morgan fingerprint density at radius 2 is 1.87 bits per heavy atom. The van der Waals surface area contributed by atoms with Gasteiger partial charge in [0.25, 0.3) is 0 Å². The van der Waals surface area contributed by atoms with E-state index in [1.54, 1.807) is 6.08 Å². The van der Waals surface area contributed by atoms with Crippen LogP contribution in [0.5, 0.6) is 0 Å². The second kappa shape index (κ2) is 5.28. The van der Waals surface area contributed by atoms with Gasteiger partial charge in [0.05, 0.1) is 6.10 Å². The van der Waals surface area contributed by atoms with Gasteiger partial charge >= 0.3 is 0 Å². The molecule has 0 unspecified atom stereocenters. The summed E-state index contributed by atoms with van der Waals surface area (Å²) in [5.41, 5.74) is 0. The first-order valence-electron chi connectivity index (χ1n) is 5.56. The van der Waals surface area contributed by atoms with Gasteiger partial charge in [0.1, 0.15) is 0 Å². The molecule has 0 aromatic carbocycles. The van der Waals surface area contributed by atoms with Crippen LogP contribution in [0, 0.1) is 5.92 Å². The molecule has 0 spiro atoms. The van der Waals surface area contributed by atoms with E-state index in [2.05, 4.69) is 40.4 Å². The van der Waals surface area contributed by atoms with Crippen LogP contribution in [-0.4, -0.2) is 26.1 Å². The van der Waals surface area contributed by atoms with Crippen LogP contribution in [0.15, 0.2) is 12.7 Å². The highest BCUT2D eigenvalue weighted by molar-refractivity contribution is 6.74. The maximum absolute atomic E-state index is 9.54. The molecule has 0 amide bonds. The molecule has 0 fully saturated rings. The molecule has 0 saturated heterocycles. The Morgan fingerprint density at radius 3 is 2.20 bits per heavy atom. The molecule has 0 heterocycles. The van der Waals surface area contributed by atoms with Crippen molar-refractivity contribution in [3.63, 3.8) is 0 Å². The van der Waals surface area contributed by atoms with Crippen LogP contribution >= 0.6 is 0 Å². The van der Waals surface area contributed by atoms with Gasteiger partial charge < -0.3 is 9.53 Å². The van der Waals surface area contributed by atoms with E-state index in [-0.39, 0.29) is 11.0 Å². The average molecular weight is 230 g/mol. The summed E-state index contributed by atoms with van der Waals surface area (Å²) in [5.74, 6) is 0.122. The second-order valence-corrected chi connectivity index (χ2v) is 10.6. The van der Waals surface area contributed by atoms with Crippen molar-refractivity contribution in [2.75, 3.05) is 6.61 Å². The Morgan fingerprint density at radius 1 is 1.40 bits per heavy atom. The van der Waals surface area contributed by atoms with E-state index in [0.717, 1.165) is 0 Å². The third kappa shape index (κ3) is 4.49. The van der Waals surface area contributed by atoms with Crippen LogP contribution in [0.3, 0.4) is 0 Å². The van der Waals surface area contributed by atoms with Crippen LogP contribution < -0.4 is 0 Å². The van der Waals surface area contributed by atoms with Crippen molar-refractivity contribution < 1.29 is 9.53 Å². The van der Waals surface area contributed by atoms with E-state index >= 15 is 0 Å². The lowest BCUT2D eigenvalue weighted by Gasteiger charge is -2.37. The first-order chi connectivity index (χ1) is 6.62. The number of aliphatic hydroxyl groups excluding tert-OH is 1. The molecule has 3 heteroatoms. The molecule has 0 rings (SSSR count). The number of hydrogen-bond acceptors (Lipinski definition) is 2. The molecular formula is C12H26O2Si. The van der Waals surface area contributed by atoms with Crippen LogP contribution in [0.4, 0.5) is 0 Å². The van der Waals surface area contributed by atoms with Gasteiger partial charge in [0.15, 0.2) is 8.32 Å². The monoisotopic (exact) mass is 230 g/mol. The van der Waals surface area contributed by atoms with Crippen LogP contribution in [0.1, 0.15) is 27.7 Å². The molecule has 0 bridgehead atoms. The molecule has 2 nitrogen and oxygen atoms in total. The van der Waals surface area contributed by atoms with Crippen molar-refractivity contribution in [3.05, 3.63) is 12.7 Å². The summed E-state index contributed by atoms with van der Waals surface area (Å²) < 4.78 is 6.01. The van der Waals surface area contributed by atoms with Crippen molar-refractivity contribution >= 4 is 8.32 Å². The summed E-state index contributed by atoms with van der Waals surface area (Å²) >= 11 is 0. The minimum absolute atomic E-state index is 0.122. The van der Waals surface area contributed by atoms with Gasteiger partial charge in [-0.05, 0) is 18.1 Å². The van der Waals surface area contributed by atoms with Crippen LogP contribution in [0.2, 0.25) is 18.1 Å². The average Bonchev–Trinajstić information content (AvgIpc) is 2.11. The molecule has 0 aromatic rings. The van der Waals surface area contributed by atoms with Crippen LogP contribution in [0.25, 0.3) is 0 Å². The first-order valence-corrected chi connectivity index (χ1v) is 8.47. The summed E-state index contributed by atoms with van der Waals surface area (Å²) in [5, 5.41) is 9.77. The summed E-state index contributed by atoms with van der Waals surface area (Å²) in [7, 11) is -1.67. The Kier molecular flexibility index (Phi) is 5.24. The highest BCUT2D eigenvalue weighted by Gasteiger charge is 2.37. The topological polar surface area (TPSA) is 29.5 Å². The van der Waals surface area contributed by atoms with E-state index in [1.165, 1.54) is 0 Å². The zero-order valence-electron chi connectivity index (χ0n) is 11.0. The van der Waals surface area contributed by atoms with E-state index in [9.17, 15) is 5.11 Å². The normalized spacial score (nSPS) is 17.3. The predicted octanol–water partition coefficient (Wildman–Crippen LogP) is 3.19. The fourth-order valence-corrected chi connectivity index (χ4v) is 2.00. The van der Waals surface area contributed by atoms with Crippen molar-refractivity contribution in [2.24, 2.45) is 5.92 Å². The Bertz CT molecular complexity index is 206.